The molecule has 1 aliphatic heterocycles. The van der Waals surface area contributed by atoms with Crippen molar-refractivity contribution in [2.45, 2.75) is 45.1 Å². The zero-order valence-electron chi connectivity index (χ0n) is 19.5. The molecule has 3 heterocycles. The number of allylic oxidation sites excluding steroid dienone is 1. The van der Waals surface area contributed by atoms with Gasteiger partial charge in [0.15, 0.2) is 0 Å². The van der Waals surface area contributed by atoms with Crippen molar-refractivity contribution in [1.29, 1.82) is 0 Å². The molecule has 35 heavy (non-hydrogen) atoms. The van der Waals surface area contributed by atoms with E-state index in [0.29, 0.717) is 28.9 Å². The Morgan fingerprint density at radius 3 is 2.77 bits per heavy atom. The molecule has 3 aliphatic rings. The summed E-state index contributed by atoms with van der Waals surface area (Å²) in [5, 5.41) is 5.55. The maximum atomic E-state index is 15.5. The van der Waals surface area contributed by atoms with Gasteiger partial charge in [-0.1, -0.05) is 12.1 Å². The maximum Gasteiger partial charge on any atom is 0.253 e. The molecule has 2 aromatic heterocycles. The first-order valence-corrected chi connectivity index (χ1v) is 12.1. The van der Waals surface area contributed by atoms with Gasteiger partial charge in [-0.15, -0.1) is 0 Å². The number of pyridine rings is 1. The number of amides is 2. The minimum Gasteiger partial charge on any atom is -0.355 e. The first-order valence-electron chi connectivity index (χ1n) is 12.1. The number of fused-ring (bicyclic) bond motifs is 2. The number of anilines is 1. The van der Waals surface area contributed by atoms with Gasteiger partial charge >= 0.3 is 0 Å². The van der Waals surface area contributed by atoms with Crippen LogP contribution in [-0.2, 0) is 24.2 Å². The minimum atomic E-state index is -0.340. The molecule has 7 nitrogen and oxygen atoms in total. The van der Waals surface area contributed by atoms with E-state index < -0.39 is 0 Å². The lowest BCUT2D eigenvalue weighted by Gasteiger charge is -2.17. The zero-order chi connectivity index (χ0) is 24.1. The second-order valence-electron chi connectivity index (χ2n) is 9.48. The van der Waals surface area contributed by atoms with Crippen LogP contribution in [0.2, 0.25) is 0 Å². The van der Waals surface area contributed by atoms with Crippen LogP contribution >= 0.6 is 0 Å². The van der Waals surface area contributed by atoms with Crippen molar-refractivity contribution < 1.29 is 14.0 Å². The molecule has 6 rings (SSSR count). The van der Waals surface area contributed by atoms with Crippen molar-refractivity contribution in [2.24, 2.45) is 5.92 Å². The van der Waals surface area contributed by atoms with Gasteiger partial charge in [-0.25, -0.2) is 14.4 Å². The lowest BCUT2D eigenvalue weighted by Crippen LogP contribution is -2.21. The number of benzene rings is 1. The predicted molar refractivity (Wildman–Crippen MR) is 131 cm³/mol. The van der Waals surface area contributed by atoms with Gasteiger partial charge in [-0.3, -0.25) is 9.59 Å². The van der Waals surface area contributed by atoms with Crippen molar-refractivity contribution in [1.82, 2.24) is 19.9 Å². The van der Waals surface area contributed by atoms with Crippen LogP contribution in [0.25, 0.3) is 23.0 Å². The molecule has 178 valence electrons. The summed E-state index contributed by atoms with van der Waals surface area (Å²) in [6.07, 6.45) is 10.6. The first-order chi connectivity index (χ1) is 17.0. The molecule has 0 spiro atoms. The van der Waals surface area contributed by atoms with Gasteiger partial charge in [0.2, 0.25) is 5.91 Å². The molecule has 0 radical (unpaired) electrons. The Morgan fingerprint density at radius 2 is 2.00 bits per heavy atom. The van der Waals surface area contributed by atoms with Gasteiger partial charge in [0.1, 0.15) is 17.5 Å². The third-order valence-corrected chi connectivity index (χ3v) is 7.15. The third kappa shape index (κ3) is 3.83. The van der Waals surface area contributed by atoms with Gasteiger partial charge in [-0.2, -0.15) is 0 Å². The molecular formula is C27H26FN5O2. The topological polar surface area (TPSA) is 88.9 Å². The van der Waals surface area contributed by atoms with Crippen LogP contribution < -0.4 is 10.6 Å². The van der Waals surface area contributed by atoms with E-state index in [1.54, 1.807) is 13.1 Å². The van der Waals surface area contributed by atoms with E-state index in [0.717, 1.165) is 61.2 Å². The number of aryl methyl sites for hydroxylation is 1. The van der Waals surface area contributed by atoms with Crippen molar-refractivity contribution >= 4 is 29.3 Å². The van der Waals surface area contributed by atoms with Crippen LogP contribution in [0.3, 0.4) is 0 Å². The van der Waals surface area contributed by atoms with Crippen LogP contribution in [-0.4, -0.2) is 33.4 Å². The Balaban J connectivity index is 1.35. The highest BCUT2D eigenvalue weighted by Crippen LogP contribution is 2.39. The van der Waals surface area contributed by atoms with Crippen LogP contribution in [0.4, 0.5) is 10.2 Å². The number of carbonyl (C=O) groups excluding carboxylic acids is 2. The summed E-state index contributed by atoms with van der Waals surface area (Å²) in [6, 6.07) is 5.22. The molecule has 3 aromatic rings. The highest BCUT2D eigenvalue weighted by atomic mass is 19.1. The van der Waals surface area contributed by atoms with E-state index in [4.69, 9.17) is 0 Å². The Bertz CT molecular complexity index is 1400. The molecular weight excluding hydrogens is 445 g/mol. The summed E-state index contributed by atoms with van der Waals surface area (Å²) in [7, 11) is 1.56. The zero-order valence-corrected chi connectivity index (χ0v) is 19.5. The number of nitrogens with one attached hydrogen (secondary N) is 2. The highest BCUT2D eigenvalue weighted by molar-refractivity contribution is 6.04. The summed E-state index contributed by atoms with van der Waals surface area (Å²) in [5.41, 5.74) is 4.97. The number of aromatic nitrogens is 3. The summed E-state index contributed by atoms with van der Waals surface area (Å²) < 4.78 is 17.6. The molecule has 0 bridgehead atoms. The van der Waals surface area contributed by atoms with Crippen LogP contribution in [0.5, 0.6) is 0 Å². The van der Waals surface area contributed by atoms with Gasteiger partial charge in [0.05, 0.1) is 5.56 Å². The SMILES string of the molecule is CNC(=O)c1cnc(NC(=O)C2CC2)c2c1C=C(c1ccc(-c3ncc4n3CCCC4)cc1F)C2. The van der Waals surface area contributed by atoms with E-state index >= 15 is 4.39 Å². The Labute approximate surface area is 202 Å². The largest absolute Gasteiger partial charge is 0.355 e. The van der Waals surface area contributed by atoms with E-state index in [9.17, 15) is 9.59 Å². The smallest absolute Gasteiger partial charge is 0.253 e. The Morgan fingerprint density at radius 1 is 1.14 bits per heavy atom. The fourth-order valence-corrected chi connectivity index (χ4v) is 5.07. The molecule has 1 fully saturated rings. The van der Waals surface area contributed by atoms with Crippen molar-refractivity contribution in [2.75, 3.05) is 12.4 Å². The number of halogens is 1. The third-order valence-electron chi connectivity index (χ3n) is 7.15. The Hall–Kier alpha value is -3.81. The lowest BCUT2D eigenvalue weighted by atomic mass is 10.0. The van der Waals surface area contributed by atoms with Crippen molar-refractivity contribution in [3.05, 3.63) is 64.4 Å². The van der Waals surface area contributed by atoms with Crippen LogP contribution in [0.1, 0.15) is 58.4 Å². The fourth-order valence-electron chi connectivity index (χ4n) is 5.07. The average Bonchev–Trinajstić information content (AvgIpc) is 3.49. The summed E-state index contributed by atoms with van der Waals surface area (Å²) in [6.45, 7) is 0.902. The number of nitrogens with zero attached hydrogens (tertiary/aromatic N) is 3. The number of imidazole rings is 1. The fraction of sp³-hybridized carbons (Fsp3) is 0.333. The van der Waals surface area contributed by atoms with Crippen molar-refractivity contribution in [3.8, 4) is 11.4 Å². The minimum absolute atomic E-state index is 0.0262. The monoisotopic (exact) mass is 471 g/mol. The molecule has 2 aliphatic carbocycles. The molecule has 1 saturated carbocycles. The maximum absolute atomic E-state index is 15.5. The summed E-state index contributed by atoms with van der Waals surface area (Å²) in [4.78, 5) is 33.8. The molecule has 8 heteroatoms. The van der Waals surface area contributed by atoms with E-state index in [1.807, 2.05) is 18.3 Å². The molecule has 0 saturated heterocycles. The molecule has 2 amide bonds. The normalized spacial score (nSPS) is 16.3. The van der Waals surface area contributed by atoms with Crippen LogP contribution in [0.15, 0.2) is 30.6 Å². The quantitative estimate of drug-likeness (QED) is 0.583. The number of hydrogen-bond donors (Lipinski definition) is 2. The van der Waals surface area contributed by atoms with E-state index in [-0.39, 0.29) is 23.5 Å². The van der Waals surface area contributed by atoms with Crippen LogP contribution in [0, 0.1) is 11.7 Å². The predicted octanol–water partition coefficient (Wildman–Crippen LogP) is 4.23. The highest BCUT2D eigenvalue weighted by Gasteiger charge is 2.32. The van der Waals surface area contributed by atoms with Gasteiger partial charge in [-0.05, 0) is 55.4 Å². The number of carbonyl (C=O) groups is 2. The lowest BCUT2D eigenvalue weighted by molar-refractivity contribution is -0.117. The summed E-state index contributed by atoms with van der Waals surface area (Å²) in [5.74, 6) is 0.596. The van der Waals surface area contributed by atoms with Gasteiger partial charge < -0.3 is 15.2 Å². The standard InChI is InChI=1S/C27H26FN5O2/c1-29-27(35)22-14-30-24(32-26(34)15-5-6-15)21-11-17(10-20(21)22)19-8-7-16(12-23(19)28)25-31-13-18-4-2-3-9-33(18)25/h7-8,10,12-15H,2-6,9,11H2,1H3,(H,29,35)(H,30,32,34). The molecule has 0 unspecified atom stereocenters. The van der Waals surface area contributed by atoms with Crippen molar-refractivity contribution in [3.63, 3.8) is 0 Å². The van der Waals surface area contributed by atoms with E-state index in [1.165, 1.54) is 18.0 Å². The van der Waals surface area contributed by atoms with E-state index in [2.05, 4.69) is 25.2 Å². The molecule has 1 aromatic carbocycles. The average molecular weight is 472 g/mol. The van der Waals surface area contributed by atoms with Gasteiger partial charge in [0, 0.05) is 60.7 Å². The van der Waals surface area contributed by atoms with Gasteiger partial charge in [0.25, 0.3) is 5.91 Å². The number of rotatable bonds is 5. The first kappa shape index (κ1) is 21.7. The number of hydrogen-bond acceptors (Lipinski definition) is 4. The Kier molecular flexibility index (Phi) is 5.24. The second kappa shape index (κ2) is 8.45. The summed E-state index contributed by atoms with van der Waals surface area (Å²) >= 11 is 0. The molecule has 2 N–H and O–H groups in total. The molecule has 0 atom stereocenters. The second-order valence-corrected chi connectivity index (χ2v) is 9.48.